The van der Waals surface area contributed by atoms with Crippen molar-refractivity contribution in [1.82, 2.24) is 14.8 Å². The summed E-state index contributed by atoms with van der Waals surface area (Å²) < 4.78 is 0. The van der Waals surface area contributed by atoms with Gasteiger partial charge in [-0.2, -0.15) is 11.3 Å². The predicted octanol–water partition coefficient (Wildman–Crippen LogP) is 3.65. The molecule has 4 heterocycles. The van der Waals surface area contributed by atoms with Gasteiger partial charge in [0.15, 0.2) is 0 Å². The number of carbonyl (C=O) groups excluding carboxylic acids is 1. The summed E-state index contributed by atoms with van der Waals surface area (Å²) in [5.41, 5.74) is 3.44. The number of rotatable bonds is 5. The van der Waals surface area contributed by atoms with Crippen LogP contribution in [0.3, 0.4) is 0 Å². The van der Waals surface area contributed by atoms with Gasteiger partial charge in [-0.3, -0.25) is 14.7 Å². The van der Waals surface area contributed by atoms with Gasteiger partial charge in [0.2, 0.25) is 5.91 Å². The summed E-state index contributed by atoms with van der Waals surface area (Å²) in [6.45, 7) is 4.26. The number of thiophene rings is 1. The van der Waals surface area contributed by atoms with E-state index in [1.54, 1.807) is 11.3 Å². The second-order valence-corrected chi connectivity index (χ2v) is 7.91. The maximum Gasteiger partial charge on any atom is 0.227 e. The summed E-state index contributed by atoms with van der Waals surface area (Å²) in [5.74, 6) is 0.226. The van der Waals surface area contributed by atoms with Gasteiger partial charge in [-0.05, 0) is 72.8 Å². The van der Waals surface area contributed by atoms with Crippen LogP contribution in [0.2, 0.25) is 0 Å². The van der Waals surface area contributed by atoms with E-state index in [0.29, 0.717) is 6.42 Å². The standard InChI is InChI=1S/C20H25N3OS/c24-20(12-16-7-11-25-15-16)23-10-3-4-19(23)18-6-5-17(13-21-18)14-22-8-1-2-9-22/h5-7,11,13,15,19H,1-4,8-10,12,14H2. The highest BCUT2D eigenvalue weighted by Crippen LogP contribution is 2.31. The molecule has 1 unspecified atom stereocenters. The van der Waals surface area contributed by atoms with Crippen molar-refractivity contribution in [3.8, 4) is 0 Å². The Hall–Kier alpha value is -1.72. The third-order valence-corrected chi connectivity index (χ3v) is 6.03. The van der Waals surface area contributed by atoms with Crippen LogP contribution in [0.4, 0.5) is 0 Å². The largest absolute Gasteiger partial charge is 0.334 e. The van der Waals surface area contributed by atoms with Gasteiger partial charge in [0.1, 0.15) is 0 Å². The first-order chi connectivity index (χ1) is 12.3. The van der Waals surface area contributed by atoms with Gasteiger partial charge in [-0.1, -0.05) is 6.07 Å². The highest BCUT2D eigenvalue weighted by molar-refractivity contribution is 7.08. The number of carbonyl (C=O) groups is 1. The van der Waals surface area contributed by atoms with E-state index < -0.39 is 0 Å². The molecule has 2 aliphatic rings. The number of likely N-dealkylation sites (tertiary alicyclic amines) is 2. The molecule has 0 radical (unpaired) electrons. The second kappa shape index (κ2) is 7.67. The lowest BCUT2D eigenvalue weighted by Crippen LogP contribution is -2.32. The van der Waals surface area contributed by atoms with Crippen LogP contribution in [0.1, 0.15) is 48.5 Å². The Morgan fingerprint density at radius 1 is 1.12 bits per heavy atom. The fourth-order valence-corrected chi connectivity index (χ4v) is 4.64. The lowest BCUT2D eigenvalue weighted by atomic mass is 10.1. The van der Waals surface area contributed by atoms with Gasteiger partial charge in [-0.25, -0.2) is 0 Å². The van der Waals surface area contributed by atoms with Crippen LogP contribution < -0.4 is 0 Å². The molecule has 25 heavy (non-hydrogen) atoms. The van der Waals surface area contributed by atoms with Crippen molar-refractivity contribution in [3.63, 3.8) is 0 Å². The monoisotopic (exact) mass is 355 g/mol. The van der Waals surface area contributed by atoms with E-state index in [1.165, 1.54) is 31.5 Å². The molecule has 0 saturated carbocycles. The molecule has 5 heteroatoms. The molecule has 132 valence electrons. The summed E-state index contributed by atoms with van der Waals surface area (Å²) in [7, 11) is 0. The molecule has 2 aromatic heterocycles. The van der Waals surface area contributed by atoms with Crippen molar-refractivity contribution in [2.75, 3.05) is 19.6 Å². The molecule has 0 aliphatic carbocycles. The van der Waals surface area contributed by atoms with Gasteiger partial charge >= 0.3 is 0 Å². The summed E-state index contributed by atoms with van der Waals surface area (Å²) >= 11 is 1.65. The van der Waals surface area contributed by atoms with Crippen LogP contribution in [0.15, 0.2) is 35.2 Å². The average Bonchev–Trinajstić information content (AvgIpc) is 3.38. The topological polar surface area (TPSA) is 36.4 Å². The van der Waals surface area contributed by atoms with E-state index in [9.17, 15) is 4.79 Å². The minimum atomic E-state index is 0.145. The van der Waals surface area contributed by atoms with E-state index >= 15 is 0 Å². The zero-order valence-corrected chi connectivity index (χ0v) is 15.4. The molecular formula is C20H25N3OS. The first-order valence-electron chi connectivity index (χ1n) is 9.27. The third kappa shape index (κ3) is 3.93. The minimum absolute atomic E-state index is 0.145. The van der Waals surface area contributed by atoms with Crippen molar-refractivity contribution in [2.24, 2.45) is 0 Å². The van der Waals surface area contributed by atoms with E-state index in [-0.39, 0.29) is 11.9 Å². The molecule has 1 amide bonds. The van der Waals surface area contributed by atoms with Gasteiger partial charge in [-0.15, -0.1) is 0 Å². The molecule has 0 bridgehead atoms. The van der Waals surface area contributed by atoms with Gasteiger partial charge < -0.3 is 4.90 Å². The molecule has 2 saturated heterocycles. The Morgan fingerprint density at radius 2 is 2.00 bits per heavy atom. The molecule has 2 fully saturated rings. The Bertz CT molecular complexity index is 692. The fourth-order valence-electron chi connectivity index (χ4n) is 3.97. The molecule has 0 N–H and O–H groups in total. The Morgan fingerprint density at radius 3 is 2.72 bits per heavy atom. The molecule has 1 atom stereocenters. The molecule has 4 nitrogen and oxygen atoms in total. The highest BCUT2D eigenvalue weighted by Gasteiger charge is 2.30. The summed E-state index contributed by atoms with van der Waals surface area (Å²) in [4.78, 5) is 21.9. The summed E-state index contributed by atoms with van der Waals surface area (Å²) in [6, 6.07) is 6.51. The number of aromatic nitrogens is 1. The maximum absolute atomic E-state index is 12.7. The Balaban J connectivity index is 1.41. The average molecular weight is 356 g/mol. The van der Waals surface area contributed by atoms with Crippen LogP contribution in [-0.2, 0) is 17.8 Å². The predicted molar refractivity (Wildman–Crippen MR) is 100 cm³/mol. The molecule has 4 rings (SSSR count). The van der Waals surface area contributed by atoms with Gasteiger partial charge in [0.25, 0.3) is 0 Å². The number of nitrogens with zero attached hydrogens (tertiary/aromatic N) is 3. The Labute approximate surface area is 153 Å². The van der Waals surface area contributed by atoms with E-state index in [0.717, 1.165) is 37.2 Å². The van der Waals surface area contributed by atoms with Crippen molar-refractivity contribution < 1.29 is 4.79 Å². The first kappa shape index (κ1) is 16.7. The lowest BCUT2D eigenvalue weighted by Gasteiger charge is -2.24. The van der Waals surface area contributed by atoms with E-state index in [4.69, 9.17) is 4.98 Å². The normalized spacial score (nSPS) is 21.1. The van der Waals surface area contributed by atoms with Crippen LogP contribution in [0.5, 0.6) is 0 Å². The summed E-state index contributed by atoms with van der Waals surface area (Å²) in [5, 5.41) is 4.10. The molecular weight excluding hydrogens is 330 g/mol. The zero-order valence-electron chi connectivity index (χ0n) is 14.6. The first-order valence-corrected chi connectivity index (χ1v) is 10.2. The van der Waals surface area contributed by atoms with Crippen molar-refractivity contribution in [2.45, 2.75) is 44.7 Å². The number of hydrogen-bond acceptors (Lipinski definition) is 4. The fraction of sp³-hybridized carbons (Fsp3) is 0.500. The minimum Gasteiger partial charge on any atom is -0.334 e. The summed E-state index contributed by atoms with van der Waals surface area (Å²) in [6.07, 6.45) is 7.23. The number of hydrogen-bond donors (Lipinski definition) is 0. The van der Waals surface area contributed by atoms with Crippen LogP contribution in [0.25, 0.3) is 0 Å². The third-order valence-electron chi connectivity index (χ3n) is 5.30. The molecule has 0 spiro atoms. The molecule has 0 aromatic carbocycles. The van der Waals surface area contributed by atoms with E-state index in [2.05, 4.69) is 22.4 Å². The maximum atomic E-state index is 12.7. The quantitative estimate of drug-likeness (QED) is 0.821. The van der Waals surface area contributed by atoms with Gasteiger partial charge in [0, 0.05) is 19.3 Å². The molecule has 2 aliphatic heterocycles. The van der Waals surface area contributed by atoms with Crippen LogP contribution in [0, 0.1) is 0 Å². The smallest absolute Gasteiger partial charge is 0.227 e. The zero-order chi connectivity index (χ0) is 17.1. The Kier molecular flexibility index (Phi) is 5.13. The van der Waals surface area contributed by atoms with Crippen molar-refractivity contribution in [1.29, 1.82) is 0 Å². The number of amides is 1. The van der Waals surface area contributed by atoms with Crippen molar-refractivity contribution >= 4 is 17.2 Å². The van der Waals surface area contributed by atoms with Crippen molar-refractivity contribution in [3.05, 3.63) is 52.0 Å². The number of pyridine rings is 1. The van der Waals surface area contributed by atoms with E-state index in [1.807, 2.05) is 22.5 Å². The highest BCUT2D eigenvalue weighted by atomic mass is 32.1. The molecule has 2 aromatic rings. The second-order valence-electron chi connectivity index (χ2n) is 7.13. The van der Waals surface area contributed by atoms with Crippen LogP contribution in [-0.4, -0.2) is 40.3 Å². The van der Waals surface area contributed by atoms with Gasteiger partial charge in [0.05, 0.1) is 18.2 Å². The van der Waals surface area contributed by atoms with Crippen LogP contribution >= 0.6 is 11.3 Å². The SMILES string of the molecule is O=C(Cc1ccsc1)N1CCCC1c1ccc(CN2CCCC2)cn1. The lowest BCUT2D eigenvalue weighted by molar-refractivity contribution is -0.131.